The van der Waals surface area contributed by atoms with E-state index in [1.807, 2.05) is 0 Å². The van der Waals surface area contributed by atoms with Gasteiger partial charge < -0.3 is 10.9 Å². The van der Waals surface area contributed by atoms with Crippen molar-refractivity contribution in [3.8, 4) is 0 Å². The van der Waals surface area contributed by atoms with E-state index >= 15 is 0 Å². The molecule has 112 valence electrons. The quantitative estimate of drug-likeness (QED) is 0.369. The minimum Gasteiger partial charge on any atom is -0.409 e. The number of amidine groups is 1. The van der Waals surface area contributed by atoms with Crippen LogP contribution in [0.5, 0.6) is 0 Å². The third kappa shape index (κ3) is 3.73. The largest absolute Gasteiger partial charge is 0.409 e. The molecule has 0 saturated carbocycles. The Hall–Kier alpha value is -2.06. The Morgan fingerprint density at radius 1 is 1.48 bits per heavy atom. The Balaban J connectivity index is 2.19. The number of halogens is 1. The normalized spacial score (nSPS) is 12.5. The number of nitrogens with zero attached hydrogens (tertiary/aromatic N) is 3. The van der Waals surface area contributed by atoms with Crippen molar-refractivity contribution < 1.29 is 13.6 Å². The van der Waals surface area contributed by atoms with Gasteiger partial charge in [-0.15, -0.1) is 0 Å². The van der Waals surface area contributed by atoms with Gasteiger partial charge >= 0.3 is 0 Å². The van der Waals surface area contributed by atoms with Crippen molar-refractivity contribution in [3.63, 3.8) is 0 Å². The van der Waals surface area contributed by atoms with Gasteiger partial charge in [0.2, 0.25) is 0 Å². The van der Waals surface area contributed by atoms with Gasteiger partial charge in [0.25, 0.3) is 0 Å². The molecule has 0 fully saturated rings. The van der Waals surface area contributed by atoms with E-state index in [9.17, 15) is 8.42 Å². The highest BCUT2D eigenvalue weighted by Crippen LogP contribution is 2.14. The zero-order valence-corrected chi connectivity index (χ0v) is 12.4. The van der Waals surface area contributed by atoms with Crippen LogP contribution in [0, 0.1) is 0 Å². The lowest BCUT2D eigenvalue weighted by atomic mass is 10.2. The minimum absolute atomic E-state index is 0.102. The molecule has 0 aliphatic heterocycles. The van der Waals surface area contributed by atoms with Crippen LogP contribution in [0.4, 0.5) is 0 Å². The van der Waals surface area contributed by atoms with Crippen LogP contribution in [0.1, 0.15) is 5.56 Å². The summed E-state index contributed by atoms with van der Waals surface area (Å²) in [7, 11) is -3.51. The first kappa shape index (κ1) is 15.3. The first-order valence-electron chi connectivity index (χ1n) is 5.91. The van der Waals surface area contributed by atoms with E-state index in [0.717, 1.165) is 0 Å². The van der Waals surface area contributed by atoms with E-state index in [2.05, 4.69) is 10.3 Å². The van der Waals surface area contributed by atoms with Crippen molar-refractivity contribution in [2.45, 2.75) is 11.4 Å². The molecular formula is C12H13ClN4O3S. The third-order valence-corrected chi connectivity index (χ3v) is 4.67. The predicted molar refractivity (Wildman–Crippen MR) is 78.2 cm³/mol. The van der Waals surface area contributed by atoms with Crippen LogP contribution in [0.3, 0.4) is 0 Å². The maximum atomic E-state index is 12.3. The zero-order chi connectivity index (χ0) is 15.5. The summed E-state index contributed by atoms with van der Waals surface area (Å²) in [5.74, 6) is -0.282. The molecule has 0 aliphatic carbocycles. The summed E-state index contributed by atoms with van der Waals surface area (Å²) in [6.45, 7) is 0.183. The smallest absolute Gasteiger partial charge is 0.180 e. The molecule has 0 spiro atoms. The van der Waals surface area contributed by atoms with Crippen LogP contribution < -0.4 is 5.73 Å². The van der Waals surface area contributed by atoms with Gasteiger partial charge in [-0.25, -0.2) is 8.42 Å². The molecule has 1 heterocycles. The van der Waals surface area contributed by atoms with Crippen molar-refractivity contribution in [3.05, 3.63) is 47.2 Å². The Labute approximate surface area is 126 Å². The predicted octanol–water partition coefficient (Wildman–Crippen LogP) is 1.10. The fourth-order valence-electron chi connectivity index (χ4n) is 1.70. The van der Waals surface area contributed by atoms with Gasteiger partial charge in [0.15, 0.2) is 15.7 Å². The summed E-state index contributed by atoms with van der Waals surface area (Å²) in [6.07, 6.45) is 2.98. The van der Waals surface area contributed by atoms with Crippen LogP contribution in [-0.2, 0) is 16.4 Å². The summed E-state index contributed by atoms with van der Waals surface area (Å²) < 4.78 is 26.0. The van der Waals surface area contributed by atoms with Crippen LogP contribution in [-0.4, -0.2) is 35.0 Å². The maximum absolute atomic E-state index is 12.3. The molecule has 7 nitrogen and oxygen atoms in total. The number of benzene rings is 1. The van der Waals surface area contributed by atoms with Crippen molar-refractivity contribution in [2.75, 3.05) is 5.75 Å². The Kier molecular flexibility index (Phi) is 4.49. The van der Waals surface area contributed by atoms with E-state index < -0.39 is 9.84 Å². The van der Waals surface area contributed by atoms with E-state index in [1.54, 1.807) is 12.3 Å². The summed E-state index contributed by atoms with van der Waals surface area (Å²) >= 11 is 5.72. The molecule has 1 aromatic heterocycles. The average molecular weight is 329 g/mol. The summed E-state index contributed by atoms with van der Waals surface area (Å²) in [4.78, 5) is 0.102. The molecule has 21 heavy (non-hydrogen) atoms. The molecular weight excluding hydrogens is 316 g/mol. The van der Waals surface area contributed by atoms with Crippen molar-refractivity contribution in [1.82, 2.24) is 9.78 Å². The molecule has 0 amide bonds. The van der Waals surface area contributed by atoms with Gasteiger partial charge in [-0.1, -0.05) is 28.9 Å². The van der Waals surface area contributed by atoms with Gasteiger partial charge in [0, 0.05) is 11.8 Å². The zero-order valence-electron chi connectivity index (χ0n) is 10.8. The monoisotopic (exact) mass is 328 g/mol. The second kappa shape index (κ2) is 6.15. The first-order valence-corrected chi connectivity index (χ1v) is 7.94. The highest BCUT2D eigenvalue weighted by Gasteiger charge is 2.16. The van der Waals surface area contributed by atoms with Crippen LogP contribution in [0.15, 0.2) is 46.7 Å². The second-order valence-electron chi connectivity index (χ2n) is 4.25. The second-order valence-corrected chi connectivity index (χ2v) is 6.80. The van der Waals surface area contributed by atoms with E-state index in [0.29, 0.717) is 10.6 Å². The van der Waals surface area contributed by atoms with E-state index in [-0.39, 0.29) is 23.0 Å². The van der Waals surface area contributed by atoms with Gasteiger partial charge in [0.1, 0.15) is 0 Å². The number of sulfone groups is 1. The molecule has 2 aromatic rings. The highest BCUT2D eigenvalue weighted by atomic mass is 35.5. The molecule has 0 bridgehead atoms. The molecule has 2 rings (SSSR count). The Morgan fingerprint density at radius 2 is 2.24 bits per heavy atom. The number of hydrogen-bond acceptors (Lipinski definition) is 5. The number of nitrogens with two attached hydrogens (primary N) is 1. The number of oxime groups is 1. The van der Waals surface area contributed by atoms with E-state index in [4.69, 9.17) is 22.5 Å². The van der Waals surface area contributed by atoms with Crippen LogP contribution in [0.2, 0.25) is 5.02 Å². The van der Waals surface area contributed by atoms with E-state index in [1.165, 1.54) is 29.1 Å². The van der Waals surface area contributed by atoms with Gasteiger partial charge in [-0.3, -0.25) is 4.68 Å². The summed E-state index contributed by atoms with van der Waals surface area (Å²) in [5, 5.41) is 15.8. The molecule has 9 heteroatoms. The summed E-state index contributed by atoms with van der Waals surface area (Å²) in [5.41, 5.74) is 5.78. The number of rotatable bonds is 5. The van der Waals surface area contributed by atoms with Crippen molar-refractivity contribution >= 4 is 27.3 Å². The summed E-state index contributed by atoms with van der Waals surface area (Å²) in [6, 6.07) is 5.91. The third-order valence-electron chi connectivity index (χ3n) is 2.79. The molecule has 0 saturated heterocycles. The Bertz CT molecular complexity index is 770. The molecule has 0 atom stereocenters. The SMILES string of the molecule is N/C(=N/O)c1cccc(S(=O)(=O)CCn2cc(Cl)cn2)c1. The Morgan fingerprint density at radius 3 is 2.86 bits per heavy atom. The van der Waals surface area contributed by atoms with Crippen LogP contribution >= 0.6 is 11.6 Å². The standard InChI is InChI=1S/C12H13ClN4O3S/c13-10-7-15-17(8-10)4-5-21(19,20)11-3-1-2-9(6-11)12(14)16-18/h1-3,6-8,18H,4-5H2,(H2,14,16). The molecule has 1 aromatic carbocycles. The number of hydrogen-bond donors (Lipinski definition) is 2. The lowest BCUT2D eigenvalue weighted by molar-refractivity contribution is 0.318. The molecule has 0 unspecified atom stereocenters. The molecule has 3 N–H and O–H groups in total. The van der Waals surface area contributed by atoms with Gasteiger partial charge in [-0.2, -0.15) is 5.10 Å². The number of aryl methyl sites for hydroxylation is 1. The maximum Gasteiger partial charge on any atom is 0.180 e. The average Bonchev–Trinajstić information content (AvgIpc) is 2.90. The fourth-order valence-corrected chi connectivity index (χ4v) is 3.11. The topological polar surface area (TPSA) is 111 Å². The highest BCUT2D eigenvalue weighted by molar-refractivity contribution is 7.91. The lowest BCUT2D eigenvalue weighted by Crippen LogP contribution is -2.16. The number of aromatic nitrogens is 2. The van der Waals surface area contributed by atoms with Crippen molar-refractivity contribution in [2.24, 2.45) is 10.9 Å². The van der Waals surface area contributed by atoms with Crippen LogP contribution in [0.25, 0.3) is 0 Å². The first-order chi connectivity index (χ1) is 9.92. The fraction of sp³-hybridized carbons (Fsp3) is 0.167. The van der Waals surface area contributed by atoms with Crippen molar-refractivity contribution in [1.29, 1.82) is 0 Å². The molecule has 0 radical (unpaired) electrons. The van der Waals surface area contributed by atoms with Gasteiger partial charge in [0.05, 0.1) is 28.4 Å². The lowest BCUT2D eigenvalue weighted by Gasteiger charge is -2.06. The molecule has 0 aliphatic rings. The van der Waals surface area contributed by atoms with Gasteiger partial charge in [-0.05, 0) is 12.1 Å². The minimum atomic E-state index is -3.51.